The Hall–Kier alpha value is -2.67. The molecule has 0 atom stereocenters. The number of carbonyl (C=O) groups excluding carboxylic acids is 1. The van der Waals surface area contributed by atoms with Gasteiger partial charge in [-0.1, -0.05) is 23.7 Å². The number of rotatable bonds is 6. The molecule has 24 heavy (non-hydrogen) atoms. The van der Waals surface area contributed by atoms with Gasteiger partial charge in [0.15, 0.2) is 18.2 Å². The van der Waals surface area contributed by atoms with Crippen LogP contribution in [0.1, 0.15) is 5.56 Å². The highest BCUT2D eigenvalue weighted by atomic mass is 35.5. The van der Waals surface area contributed by atoms with Crippen LogP contribution in [0.4, 0.5) is 10.1 Å². The van der Waals surface area contributed by atoms with E-state index in [1.165, 1.54) is 48.3 Å². The maximum absolute atomic E-state index is 13.4. The molecule has 1 amide bonds. The van der Waals surface area contributed by atoms with Gasteiger partial charge in [-0.05, 0) is 23.8 Å². The molecule has 0 aliphatic carbocycles. The van der Waals surface area contributed by atoms with E-state index in [1.54, 1.807) is 6.07 Å². The van der Waals surface area contributed by atoms with Crippen LogP contribution in [-0.2, 0) is 11.3 Å². The third-order valence-corrected chi connectivity index (χ3v) is 3.63. The number of nitrogens with zero attached hydrogens (tertiary/aromatic N) is 2. The summed E-state index contributed by atoms with van der Waals surface area (Å²) >= 11 is 6.00. The average Bonchev–Trinajstić information content (AvgIpc) is 2.55. The highest BCUT2D eigenvalue weighted by molar-refractivity contribution is 6.31. The van der Waals surface area contributed by atoms with E-state index in [9.17, 15) is 19.3 Å². The summed E-state index contributed by atoms with van der Waals surface area (Å²) in [6.45, 7) is -0.288. The van der Waals surface area contributed by atoms with Crippen LogP contribution in [0.2, 0.25) is 5.02 Å². The normalized spacial score (nSPS) is 10.3. The number of nitro benzene ring substituents is 1. The van der Waals surface area contributed by atoms with Gasteiger partial charge in [0.05, 0.1) is 4.92 Å². The van der Waals surface area contributed by atoms with E-state index in [1.807, 2.05) is 0 Å². The minimum atomic E-state index is -0.560. The number of ether oxygens (including phenoxy) is 1. The lowest BCUT2D eigenvalue weighted by molar-refractivity contribution is -0.384. The summed E-state index contributed by atoms with van der Waals surface area (Å²) in [6, 6.07) is 9.75. The van der Waals surface area contributed by atoms with Crippen LogP contribution in [0.15, 0.2) is 42.5 Å². The fraction of sp³-hybridized carbons (Fsp3) is 0.188. The van der Waals surface area contributed by atoms with Crippen LogP contribution < -0.4 is 4.74 Å². The summed E-state index contributed by atoms with van der Waals surface area (Å²) in [7, 11) is 1.50. The molecule has 0 aromatic heterocycles. The minimum Gasteiger partial charge on any atom is -0.481 e. The van der Waals surface area contributed by atoms with Crippen molar-refractivity contribution < 1.29 is 18.8 Å². The van der Waals surface area contributed by atoms with Gasteiger partial charge in [0.25, 0.3) is 11.6 Å². The summed E-state index contributed by atoms with van der Waals surface area (Å²) in [5.41, 5.74) is 0.325. The first-order valence-corrected chi connectivity index (χ1v) is 7.30. The minimum absolute atomic E-state index is 0.0207. The molecule has 126 valence electrons. The van der Waals surface area contributed by atoms with Crippen LogP contribution in [0, 0.1) is 15.9 Å². The molecule has 0 bridgehead atoms. The lowest BCUT2D eigenvalue weighted by atomic mass is 10.2. The quantitative estimate of drug-likeness (QED) is 0.589. The number of nitro groups is 1. The molecule has 0 N–H and O–H groups in total. The first-order valence-electron chi connectivity index (χ1n) is 6.92. The first-order chi connectivity index (χ1) is 11.4. The fourth-order valence-electron chi connectivity index (χ4n) is 1.95. The summed E-state index contributed by atoms with van der Waals surface area (Å²) in [5, 5.41) is 11.1. The monoisotopic (exact) mass is 352 g/mol. The third-order valence-electron chi connectivity index (χ3n) is 3.26. The topological polar surface area (TPSA) is 72.7 Å². The smallest absolute Gasteiger partial charge is 0.269 e. The number of hydrogen-bond donors (Lipinski definition) is 0. The Morgan fingerprint density at radius 3 is 2.71 bits per heavy atom. The summed E-state index contributed by atoms with van der Waals surface area (Å²) in [4.78, 5) is 23.6. The van der Waals surface area contributed by atoms with Crippen molar-refractivity contribution in [3.63, 3.8) is 0 Å². The molecule has 0 saturated carbocycles. The van der Waals surface area contributed by atoms with Crippen LogP contribution in [0.5, 0.6) is 5.75 Å². The zero-order chi connectivity index (χ0) is 17.7. The molecule has 8 heteroatoms. The molecule has 0 saturated heterocycles. The van der Waals surface area contributed by atoms with E-state index in [2.05, 4.69) is 0 Å². The van der Waals surface area contributed by atoms with Crippen molar-refractivity contribution in [3.05, 3.63) is 69.0 Å². The molecule has 0 fully saturated rings. The highest BCUT2D eigenvalue weighted by Gasteiger charge is 2.15. The van der Waals surface area contributed by atoms with Gasteiger partial charge in [0, 0.05) is 30.7 Å². The maximum Gasteiger partial charge on any atom is 0.269 e. The van der Waals surface area contributed by atoms with Crippen molar-refractivity contribution in [1.29, 1.82) is 0 Å². The van der Waals surface area contributed by atoms with Gasteiger partial charge >= 0.3 is 0 Å². The number of amides is 1. The van der Waals surface area contributed by atoms with Gasteiger partial charge < -0.3 is 9.64 Å². The largest absolute Gasteiger partial charge is 0.481 e. The summed E-state index contributed by atoms with van der Waals surface area (Å²) in [5.74, 6) is -0.997. The Balaban J connectivity index is 2.00. The van der Waals surface area contributed by atoms with Crippen molar-refractivity contribution in [2.75, 3.05) is 13.7 Å². The van der Waals surface area contributed by atoms with Gasteiger partial charge in [-0.15, -0.1) is 0 Å². The average molecular weight is 353 g/mol. The molecule has 0 aliphatic rings. The summed E-state index contributed by atoms with van der Waals surface area (Å²) < 4.78 is 18.6. The molecule has 0 heterocycles. The molecule has 0 radical (unpaired) electrons. The Labute approximate surface area is 142 Å². The van der Waals surface area contributed by atoms with Gasteiger partial charge in [0.2, 0.25) is 0 Å². The second kappa shape index (κ2) is 7.74. The van der Waals surface area contributed by atoms with Crippen molar-refractivity contribution in [2.24, 2.45) is 0 Å². The molecule has 6 nitrogen and oxygen atoms in total. The second-order valence-corrected chi connectivity index (χ2v) is 5.41. The molecule has 2 aromatic carbocycles. The molecular weight excluding hydrogens is 339 g/mol. The lowest BCUT2D eigenvalue weighted by Crippen LogP contribution is -2.31. The number of hydrogen-bond acceptors (Lipinski definition) is 4. The van der Waals surface area contributed by atoms with Gasteiger partial charge in [-0.2, -0.15) is 0 Å². The number of benzene rings is 2. The van der Waals surface area contributed by atoms with Crippen molar-refractivity contribution in [2.45, 2.75) is 6.54 Å². The predicted octanol–water partition coefficient (Wildman–Crippen LogP) is 3.42. The number of likely N-dealkylation sites (N-methyl/N-ethyl adjacent to an activating group) is 1. The molecule has 2 aromatic rings. The third kappa shape index (κ3) is 4.42. The van der Waals surface area contributed by atoms with Crippen LogP contribution in [0.3, 0.4) is 0 Å². The molecule has 0 spiro atoms. The molecule has 2 rings (SSSR count). The van der Waals surface area contributed by atoms with Crippen molar-refractivity contribution in [1.82, 2.24) is 4.90 Å². The first kappa shape index (κ1) is 17.7. The maximum atomic E-state index is 13.4. The molecule has 0 aliphatic heterocycles. The van der Waals surface area contributed by atoms with E-state index < -0.39 is 16.6 Å². The predicted molar refractivity (Wildman–Crippen MR) is 86.5 cm³/mol. The number of para-hydroxylation sites is 1. The van der Waals surface area contributed by atoms with E-state index in [0.29, 0.717) is 10.6 Å². The van der Waals surface area contributed by atoms with E-state index in [4.69, 9.17) is 16.3 Å². The van der Waals surface area contributed by atoms with Crippen LogP contribution in [0.25, 0.3) is 0 Å². The van der Waals surface area contributed by atoms with Crippen molar-refractivity contribution >= 4 is 23.2 Å². The van der Waals surface area contributed by atoms with E-state index in [0.717, 1.165) is 0 Å². The van der Waals surface area contributed by atoms with E-state index >= 15 is 0 Å². The highest BCUT2D eigenvalue weighted by Crippen LogP contribution is 2.23. The van der Waals surface area contributed by atoms with E-state index in [-0.39, 0.29) is 24.6 Å². The Morgan fingerprint density at radius 2 is 2.04 bits per heavy atom. The van der Waals surface area contributed by atoms with Gasteiger partial charge in [-0.3, -0.25) is 14.9 Å². The number of halogens is 2. The number of non-ortho nitro benzene ring substituents is 1. The SMILES string of the molecule is CN(Cc1cc([N+](=O)[O-])ccc1Cl)C(=O)COc1ccccc1F. The Morgan fingerprint density at radius 1 is 1.33 bits per heavy atom. The zero-order valence-corrected chi connectivity index (χ0v) is 13.5. The molecule has 0 unspecified atom stereocenters. The van der Waals surface area contributed by atoms with Gasteiger partial charge in [-0.25, -0.2) is 4.39 Å². The molecular formula is C16H14ClFN2O4. The lowest BCUT2D eigenvalue weighted by Gasteiger charge is -2.18. The fourth-order valence-corrected chi connectivity index (χ4v) is 2.13. The van der Waals surface area contributed by atoms with Crippen LogP contribution in [-0.4, -0.2) is 29.4 Å². The second-order valence-electron chi connectivity index (χ2n) is 5.00. The zero-order valence-electron chi connectivity index (χ0n) is 12.7. The Kier molecular flexibility index (Phi) is 5.70. The van der Waals surface area contributed by atoms with Crippen molar-refractivity contribution in [3.8, 4) is 5.75 Å². The standard InChI is InChI=1S/C16H14ClFN2O4/c1-19(9-11-8-12(20(22)23)6-7-13(11)17)16(21)10-24-15-5-3-2-4-14(15)18/h2-8H,9-10H2,1H3. The van der Waals surface area contributed by atoms with Gasteiger partial charge in [0.1, 0.15) is 0 Å². The summed E-state index contributed by atoms with van der Waals surface area (Å²) in [6.07, 6.45) is 0. The van der Waals surface area contributed by atoms with Crippen LogP contribution >= 0.6 is 11.6 Å². The number of carbonyl (C=O) groups is 1. The Bertz CT molecular complexity index is 769.